The average Bonchev–Trinajstić information content (AvgIpc) is 3.36. The molecule has 0 aliphatic rings. The molecule has 0 radical (unpaired) electrons. The van der Waals surface area contributed by atoms with Gasteiger partial charge in [-0.1, -0.05) is 48.0 Å². The predicted octanol–water partition coefficient (Wildman–Crippen LogP) is 6.20. The second kappa shape index (κ2) is 7.44. The molecular weight excluding hydrogens is 414 g/mol. The van der Waals surface area contributed by atoms with Crippen molar-refractivity contribution in [1.82, 2.24) is 9.38 Å². The SMILES string of the molecule is Nc1c(-c2nc(-c3ccccc3)cs2)c2ccccn2c1C(=O)c1ccc(Cl)cc1. The van der Waals surface area contributed by atoms with Crippen LogP contribution in [0.5, 0.6) is 0 Å². The van der Waals surface area contributed by atoms with Crippen LogP contribution in [0, 0.1) is 0 Å². The number of pyridine rings is 1. The Bertz CT molecular complexity index is 1370. The maximum atomic E-state index is 13.3. The lowest BCUT2D eigenvalue weighted by molar-refractivity contribution is 0.103. The lowest BCUT2D eigenvalue weighted by Crippen LogP contribution is -2.07. The number of rotatable bonds is 4. The molecule has 0 amide bonds. The smallest absolute Gasteiger partial charge is 0.211 e. The molecule has 0 bridgehead atoms. The van der Waals surface area contributed by atoms with Crippen molar-refractivity contribution in [3.8, 4) is 21.8 Å². The van der Waals surface area contributed by atoms with E-state index in [0.717, 1.165) is 27.3 Å². The van der Waals surface area contributed by atoms with Crippen molar-refractivity contribution in [1.29, 1.82) is 0 Å². The van der Waals surface area contributed by atoms with E-state index in [9.17, 15) is 4.79 Å². The number of nitrogens with zero attached hydrogens (tertiary/aromatic N) is 2. The zero-order valence-corrected chi connectivity index (χ0v) is 17.3. The molecule has 0 saturated heterocycles. The van der Waals surface area contributed by atoms with Crippen LogP contribution < -0.4 is 5.73 Å². The van der Waals surface area contributed by atoms with Crippen molar-refractivity contribution in [2.24, 2.45) is 0 Å². The van der Waals surface area contributed by atoms with Crippen molar-refractivity contribution in [2.45, 2.75) is 0 Å². The molecule has 0 saturated carbocycles. The summed E-state index contributed by atoms with van der Waals surface area (Å²) in [6.45, 7) is 0. The summed E-state index contributed by atoms with van der Waals surface area (Å²) in [6.07, 6.45) is 1.85. The molecule has 0 fully saturated rings. The standard InChI is InChI=1S/C24H16ClN3OS/c25-17-11-9-16(10-12-17)23(29)22-21(26)20(19-8-4-5-13-28(19)22)24-27-18(14-30-24)15-6-2-1-3-7-15/h1-14H,26H2. The van der Waals surface area contributed by atoms with Gasteiger partial charge in [-0.3, -0.25) is 4.79 Å². The number of carbonyl (C=O) groups is 1. The summed E-state index contributed by atoms with van der Waals surface area (Å²) in [5.74, 6) is -0.156. The van der Waals surface area contributed by atoms with Crippen molar-refractivity contribution in [3.05, 3.63) is 101 Å². The Balaban J connectivity index is 1.68. The number of carbonyl (C=O) groups excluding carboxylic acids is 1. The summed E-state index contributed by atoms with van der Waals surface area (Å²) in [5, 5.41) is 3.37. The van der Waals surface area contributed by atoms with Gasteiger partial charge in [-0.25, -0.2) is 4.98 Å². The van der Waals surface area contributed by atoms with Crippen LogP contribution in [0.4, 0.5) is 5.69 Å². The number of halogens is 1. The minimum absolute atomic E-state index is 0.156. The average molecular weight is 430 g/mol. The molecule has 2 aromatic carbocycles. The first-order chi connectivity index (χ1) is 14.6. The van der Waals surface area contributed by atoms with E-state index >= 15 is 0 Å². The Kier molecular flexibility index (Phi) is 4.62. The summed E-state index contributed by atoms with van der Waals surface area (Å²) >= 11 is 7.49. The van der Waals surface area contributed by atoms with Gasteiger partial charge in [0.25, 0.3) is 0 Å². The van der Waals surface area contributed by atoms with E-state index in [4.69, 9.17) is 22.3 Å². The Hall–Kier alpha value is -3.41. The van der Waals surface area contributed by atoms with Crippen LogP contribution in [0.2, 0.25) is 5.02 Å². The third kappa shape index (κ3) is 3.09. The van der Waals surface area contributed by atoms with Crippen molar-refractivity contribution >= 4 is 39.9 Å². The summed E-state index contributed by atoms with van der Waals surface area (Å²) < 4.78 is 1.84. The Morgan fingerprint density at radius 1 is 0.967 bits per heavy atom. The fraction of sp³-hybridized carbons (Fsp3) is 0. The lowest BCUT2D eigenvalue weighted by atomic mass is 10.1. The monoisotopic (exact) mass is 429 g/mol. The van der Waals surface area contributed by atoms with Crippen LogP contribution >= 0.6 is 22.9 Å². The topological polar surface area (TPSA) is 60.4 Å². The molecule has 0 aliphatic heterocycles. The minimum Gasteiger partial charge on any atom is -0.396 e. The zero-order valence-electron chi connectivity index (χ0n) is 15.7. The number of thiazole rings is 1. The molecule has 6 heteroatoms. The third-order valence-electron chi connectivity index (χ3n) is 4.99. The van der Waals surface area contributed by atoms with Crippen molar-refractivity contribution in [2.75, 3.05) is 5.73 Å². The van der Waals surface area contributed by atoms with Crippen LogP contribution in [-0.4, -0.2) is 15.2 Å². The van der Waals surface area contributed by atoms with Gasteiger partial charge in [-0.05, 0) is 36.4 Å². The van der Waals surface area contributed by atoms with Gasteiger partial charge < -0.3 is 10.1 Å². The second-order valence-corrected chi connectivity index (χ2v) is 8.13. The number of benzene rings is 2. The maximum Gasteiger partial charge on any atom is 0.211 e. The molecule has 4 nitrogen and oxygen atoms in total. The van der Waals surface area contributed by atoms with E-state index in [1.807, 2.05) is 64.5 Å². The fourth-order valence-corrected chi connectivity index (χ4v) is 4.57. The number of anilines is 1. The van der Waals surface area contributed by atoms with Crippen LogP contribution in [0.25, 0.3) is 27.3 Å². The number of hydrogen-bond acceptors (Lipinski definition) is 4. The first-order valence-electron chi connectivity index (χ1n) is 9.33. The predicted molar refractivity (Wildman–Crippen MR) is 123 cm³/mol. The summed E-state index contributed by atoms with van der Waals surface area (Å²) in [7, 11) is 0. The van der Waals surface area contributed by atoms with E-state index in [1.165, 1.54) is 11.3 Å². The molecule has 0 atom stereocenters. The van der Waals surface area contributed by atoms with Gasteiger partial charge in [-0.15, -0.1) is 11.3 Å². The first kappa shape index (κ1) is 18.6. The Labute approximate surface area is 182 Å². The summed E-state index contributed by atoms with van der Waals surface area (Å²) in [4.78, 5) is 18.1. The first-order valence-corrected chi connectivity index (χ1v) is 10.6. The van der Waals surface area contributed by atoms with Gasteiger partial charge in [0.15, 0.2) is 0 Å². The van der Waals surface area contributed by atoms with E-state index < -0.39 is 0 Å². The number of ketones is 1. The van der Waals surface area contributed by atoms with E-state index in [1.54, 1.807) is 24.3 Å². The van der Waals surface area contributed by atoms with Crippen LogP contribution in [0.1, 0.15) is 16.1 Å². The number of aromatic nitrogens is 2. The molecule has 5 rings (SSSR count). The molecule has 3 heterocycles. The Morgan fingerprint density at radius 3 is 2.47 bits per heavy atom. The maximum absolute atomic E-state index is 13.3. The highest BCUT2D eigenvalue weighted by Gasteiger charge is 2.25. The highest BCUT2D eigenvalue weighted by molar-refractivity contribution is 7.13. The highest BCUT2D eigenvalue weighted by Crippen LogP contribution is 2.39. The largest absolute Gasteiger partial charge is 0.396 e. The van der Waals surface area contributed by atoms with Gasteiger partial charge in [0.2, 0.25) is 5.78 Å². The van der Waals surface area contributed by atoms with E-state index in [-0.39, 0.29) is 5.78 Å². The van der Waals surface area contributed by atoms with Crippen LogP contribution in [-0.2, 0) is 0 Å². The van der Waals surface area contributed by atoms with E-state index in [2.05, 4.69) is 0 Å². The molecule has 146 valence electrons. The normalized spacial score (nSPS) is 11.1. The molecule has 0 aliphatic carbocycles. The summed E-state index contributed by atoms with van der Waals surface area (Å²) in [6, 6.07) is 22.6. The third-order valence-corrected chi connectivity index (χ3v) is 6.10. The molecule has 0 spiro atoms. The number of nitrogens with two attached hydrogens (primary N) is 1. The molecule has 0 unspecified atom stereocenters. The zero-order chi connectivity index (χ0) is 20.7. The van der Waals surface area contributed by atoms with Crippen molar-refractivity contribution < 1.29 is 4.79 Å². The minimum atomic E-state index is -0.156. The molecule has 5 aromatic rings. The molecular formula is C24H16ClN3OS. The highest BCUT2D eigenvalue weighted by atomic mass is 35.5. The number of nitrogen functional groups attached to an aromatic ring is 1. The number of fused-ring (bicyclic) bond motifs is 1. The summed E-state index contributed by atoms with van der Waals surface area (Å²) in [5.41, 5.74) is 11.5. The van der Waals surface area contributed by atoms with E-state index in [0.29, 0.717) is 22.0 Å². The number of hydrogen-bond donors (Lipinski definition) is 1. The molecule has 3 aromatic heterocycles. The van der Waals surface area contributed by atoms with Gasteiger partial charge >= 0.3 is 0 Å². The Morgan fingerprint density at radius 2 is 1.70 bits per heavy atom. The van der Waals surface area contributed by atoms with Crippen molar-refractivity contribution in [3.63, 3.8) is 0 Å². The lowest BCUT2D eigenvalue weighted by Gasteiger charge is -2.04. The van der Waals surface area contributed by atoms with Gasteiger partial charge in [-0.2, -0.15) is 0 Å². The quantitative estimate of drug-likeness (QED) is 0.346. The molecule has 2 N–H and O–H groups in total. The van der Waals surface area contributed by atoms with Crippen LogP contribution in [0.15, 0.2) is 84.4 Å². The van der Waals surface area contributed by atoms with Gasteiger partial charge in [0.1, 0.15) is 10.7 Å². The fourth-order valence-electron chi connectivity index (χ4n) is 3.55. The van der Waals surface area contributed by atoms with Gasteiger partial charge in [0.05, 0.1) is 22.5 Å². The molecule has 30 heavy (non-hydrogen) atoms. The second-order valence-electron chi connectivity index (χ2n) is 6.83. The van der Waals surface area contributed by atoms with Crippen LogP contribution in [0.3, 0.4) is 0 Å². The van der Waals surface area contributed by atoms with Gasteiger partial charge in [0, 0.05) is 27.7 Å².